The molecule has 4 N–H and O–H groups in total. The number of hydrogen-bond donors (Lipinski definition) is 4. The van der Waals surface area contributed by atoms with Crippen LogP contribution in [0.2, 0.25) is 0 Å². The zero-order chi connectivity index (χ0) is 14.9. The highest BCUT2D eigenvalue weighted by Crippen LogP contribution is 2.34. The maximum absolute atomic E-state index is 11.6. The predicted octanol–water partition coefficient (Wildman–Crippen LogP) is -2.18. The van der Waals surface area contributed by atoms with Crippen molar-refractivity contribution in [2.24, 2.45) is 0 Å². The summed E-state index contributed by atoms with van der Waals surface area (Å²) >= 11 is 0. The van der Waals surface area contributed by atoms with Crippen LogP contribution in [0.3, 0.4) is 0 Å². The molecule has 1 saturated heterocycles. The van der Waals surface area contributed by atoms with Crippen molar-refractivity contribution in [3.63, 3.8) is 0 Å². The fourth-order valence-corrected chi connectivity index (χ4v) is 2.43. The minimum atomic E-state index is -3.02. The van der Waals surface area contributed by atoms with Gasteiger partial charge in [-0.15, -0.1) is 9.42 Å². The molecular weight excluding hydrogens is 295 g/mol. The van der Waals surface area contributed by atoms with Gasteiger partial charge in [0, 0.05) is 16.8 Å². The summed E-state index contributed by atoms with van der Waals surface area (Å²) in [5.41, 5.74) is -1.45. The largest absolute Gasteiger partial charge is 0.695 e. The number of aromatic nitrogens is 2. The molecule has 1 aliphatic rings. The number of H-pyrrole nitrogens is 1. The summed E-state index contributed by atoms with van der Waals surface area (Å²) in [4.78, 5) is 33.3. The van der Waals surface area contributed by atoms with Crippen molar-refractivity contribution >= 4 is 8.25 Å². The van der Waals surface area contributed by atoms with E-state index >= 15 is 0 Å². The molecule has 0 aromatic carbocycles. The topological polar surface area (TPSA) is 151 Å². The van der Waals surface area contributed by atoms with Crippen LogP contribution in [-0.4, -0.2) is 49.6 Å². The van der Waals surface area contributed by atoms with Crippen molar-refractivity contribution in [1.29, 1.82) is 0 Å². The predicted molar refractivity (Wildman–Crippen MR) is 63.0 cm³/mol. The van der Waals surface area contributed by atoms with Crippen molar-refractivity contribution < 1.29 is 28.9 Å². The van der Waals surface area contributed by atoms with E-state index in [0.717, 1.165) is 16.8 Å². The summed E-state index contributed by atoms with van der Waals surface area (Å²) < 4.78 is 21.4. The van der Waals surface area contributed by atoms with Gasteiger partial charge in [-0.05, 0) is 0 Å². The summed E-state index contributed by atoms with van der Waals surface area (Å²) in [5.74, 6) is 0. The summed E-state index contributed by atoms with van der Waals surface area (Å²) in [6.45, 7) is -0.584. The second kappa shape index (κ2) is 5.92. The number of aromatic amines is 1. The van der Waals surface area contributed by atoms with E-state index in [0.29, 0.717) is 0 Å². The molecule has 10 nitrogen and oxygen atoms in total. The Morgan fingerprint density at radius 1 is 1.50 bits per heavy atom. The van der Waals surface area contributed by atoms with E-state index in [1.807, 2.05) is 4.98 Å². The molecule has 1 fully saturated rings. The average Bonchev–Trinajstić information content (AvgIpc) is 2.67. The van der Waals surface area contributed by atoms with E-state index in [9.17, 15) is 19.3 Å². The summed E-state index contributed by atoms with van der Waals surface area (Å²) in [5, 5.41) is 19.1. The molecule has 0 bridgehead atoms. The lowest BCUT2D eigenvalue weighted by Crippen LogP contribution is -2.38. The number of hydrogen-bond acceptors (Lipinski definition) is 7. The number of aliphatic hydroxyl groups excluding tert-OH is 2. The van der Waals surface area contributed by atoms with Crippen LogP contribution in [0.25, 0.3) is 0 Å². The first-order valence-corrected chi connectivity index (χ1v) is 6.66. The van der Waals surface area contributed by atoms with Gasteiger partial charge in [-0.25, -0.2) is 4.79 Å². The Hall–Kier alpha value is -1.42. The molecule has 0 saturated carbocycles. The van der Waals surface area contributed by atoms with E-state index in [1.165, 1.54) is 0 Å². The summed E-state index contributed by atoms with van der Waals surface area (Å²) in [7, 11) is -3.02. The van der Waals surface area contributed by atoms with Crippen molar-refractivity contribution in [2.75, 3.05) is 6.61 Å². The first-order chi connectivity index (χ1) is 9.43. The maximum Gasteiger partial charge on any atom is 0.695 e. The van der Waals surface area contributed by atoms with Gasteiger partial charge in [0.05, 0.1) is 6.61 Å². The van der Waals surface area contributed by atoms with Gasteiger partial charge < -0.3 is 14.9 Å². The van der Waals surface area contributed by atoms with Crippen LogP contribution in [0.5, 0.6) is 0 Å². The van der Waals surface area contributed by atoms with Gasteiger partial charge in [0.2, 0.25) is 0 Å². The highest BCUT2D eigenvalue weighted by molar-refractivity contribution is 7.32. The zero-order valence-electron chi connectivity index (χ0n) is 9.95. The van der Waals surface area contributed by atoms with Crippen molar-refractivity contribution in [3.05, 3.63) is 33.1 Å². The van der Waals surface area contributed by atoms with Gasteiger partial charge in [0.15, 0.2) is 12.3 Å². The Morgan fingerprint density at radius 3 is 2.75 bits per heavy atom. The minimum absolute atomic E-state index is 0.584. The quantitative estimate of drug-likeness (QED) is 0.458. The molecule has 5 atom stereocenters. The number of rotatable bonds is 4. The zero-order valence-corrected chi connectivity index (χ0v) is 10.8. The minimum Gasteiger partial charge on any atom is -0.394 e. The molecule has 2 rings (SSSR count). The number of ether oxygens (including phenoxy) is 1. The second-order valence-corrected chi connectivity index (χ2v) is 4.75. The monoisotopic (exact) mass is 307 g/mol. The van der Waals surface area contributed by atoms with Crippen LogP contribution in [0, 0.1) is 0 Å². The Bertz CT molecular complexity index is 612. The van der Waals surface area contributed by atoms with E-state index in [2.05, 4.69) is 4.52 Å². The van der Waals surface area contributed by atoms with E-state index in [1.54, 1.807) is 0 Å². The van der Waals surface area contributed by atoms with Gasteiger partial charge in [-0.3, -0.25) is 14.3 Å². The van der Waals surface area contributed by atoms with Crippen LogP contribution >= 0.6 is 8.25 Å². The van der Waals surface area contributed by atoms with Crippen LogP contribution < -0.4 is 11.2 Å². The molecule has 11 heteroatoms. The third-order valence-electron chi connectivity index (χ3n) is 2.83. The third-order valence-corrected chi connectivity index (χ3v) is 3.25. The molecule has 1 aromatic rings. The lowest BCUT2D eigenvalue weighted by Gasteiger charge is -2.16. The highest BCUT2D eigenvalue weighted by Gasteiger charge is 2.49. The molecule has 1 aliphatic heterocycles. The fourth-order valence-electron chi connectivity index (χ4n) is 1.96. The Labute approximate surface area is 112 Å². The first kappa shape index (κ1) is 15.0. The highest BCUT2D eigenvalue weighted by atomic mass is 31.1. The van der Waals surface area contributed by atoms with Gasteiger partial charge >= 0.3 is 13.9 Å². The molecule has 110 valence electrons. The molecule has 5 unspecified atom stereocenters. The van der Waals surface area contributed by atoms with Crippen LogP contribution in [0.15, 0.2) is 21.9 Å². The second-order valence-electron chi connectivity index (χ2n) is 4.06. The molecular formula is C9H12N2O8P+. The number of aliphatic hydroxyl groups is 2. The Balaban J connectivity index is 2.32. The van der Waals surface area contributed by atoms with Gasteiger partial charge in [0.1, 0.15) is 12.2 Å². The van der Waals surface area contributed by atoms with Crippen LogP contribution in [0.4, 0.5) is 0 Å². The normalized spacial score (nSPS) is 30.4. The smallest absolute Gasteiger partial charge is 0.394 e. The van der Waals surface area contributed by atoms with Gasteiger partial charge in [-0.1, -0.05) is 0 Å². The third kappa shape index (κ3) is 2.85. The Morgan fingerprint density at radius 2 is 2.20 bits per heavy atom. The van der Waals surface area contributed by atoms with Crippen LogP contribution in [-0.2, 0) is 13.8 Å². The molecule has 0 amide bonds. The van der Waals surface area contributed by atoms with Crippen LogP contribution in [0.1, 0.15) is 6.23 Å². The van der Waals surface area contributed by atoms with Crippen molar-refractivity contribution in [1.82, 2.24) is 9.55 Å². The molecule has 20 heavy (non-hydrogen) atoms. The molecule has 2 heterocycles. The summed E-state index contributed by atoms with van der Waals surface area (Å²) in [6.07, 6.45) is -3.99. The molecule has 0 aliphatic carbocycles. The lowest BCUT2D eigenvalue weighted by molar-refractivity contribution is -0.0544. The number of nitrogens with zero attached hydrogens (tertiary/aromatic N) is 1. The average molecular weight is 307 g/mol. The fraction of sp³-hybridized carbons (Fsp3) is 0.556. The molecule has 0 spiro atoms. The lowest BCUT2D eigenvalue weighted by atomic mass is 10.1. The van der Waals surface area contributed by atoms with E-state index < -0.39 is 50.7 Å². The Kier molecular flexibility index (Phi) is 4.43. The van der Waals surface area contributed by atoms with Crippen molar-refractivity contribution in [3.8, 4) is 0 Å². The SMILES string of the molecule is O=c1ccn(C2OC(CO)C(O[P+](=O)O)C2O)c(=O)[nH]1. The first-order valence-electron chi connectivity index (χ1n) is 5.53. The number of nitrogens with one attached hydrogen (secondary N) is 1. The maximum atomic E-state index is 11.6. The van der Waals surface area contributed by atoms with Crippen molar-refractivity contribution in [2.45, 2.75) is 24.5 Å². The van der Waals surface area contributed by atoms with Gasteiger partial charge in [-0.2, -0.15) is 0 Å². The standard InChI is InChI=1S/C9H11N2O8P/c12-3-4-7(19-20(16)17)6(14)8(18-4)11-2-1-5(13)10-9(11)15/h1-2,4,6-8,12,14H,3H2,(H-,10,13,15,16,17)/p+1. The van der Waals surface area contributed by atoms with Gasteiger partial charge in [0.25, 0.3) is 5.56 Å². The summed E-state index contributed by atoms with van der Waals surface area (Å²) in [6, 6.07) is 1.05. The molecule has 1 aromatic heterocycles. The molecule has 0 radical (unpaired) electrons. The van der Waals surface area contributed by atoms with E-state index in [4.69, 9.17) is 14.7 Å². The van der Waals surface area contributed by atoms with E-state index in [-0.39, 0.29) is 0 Å².